The first-order valence-corrected chi connectivity index (χ1v) is 8.78. The highest BCUT2D eigenvalue weighted by atomic mass is 32.2. The van der Waals surface area contributed by atoms with Gasteiger partial charge in [0, 0.05) is 9.64 Å². The molecule has 3 aromatic rings. The zero-order valence-corrected chi connectivity index (χ0v) is 14.7. The molecule has 0 spiro atoms. The monoisotopic (exact) mass is 318 g/mol. The van der Waals surface area contributed by atoms with Crippen LogP contribution in [0.3, 0.4) is 0 Å². The van der Waals surface area contributed by atoms with Gasteiger partial charge in [0.1, 0.15) is 0 Å². The van der Waals surface area contributed by atoms with Crippen molar-refractivity contribution in [3.05, 3.63) is 78.9 Å². The van der Waals surface area contributed by atoms with Gasteiger partial charge in [0.15, 0.2) is 0 Å². The highest BCUT2D eigenvalue weighted by Crippen LogP contribution is 2.37. The highest BCUT2D eigenvalue weighted by molar-refractivity contribution is 8.00. The standard InChI is InChI=1S/C22H22S/c1-22(2,3)23-21-15-19(17-10-6-4-7-11-17)14-20(16-21)18-12-8-5-9-13-18/h4-16H,1-3H3. The van der Waals surface area contributed by atoms with Crippen LogP contribution in [0.15, 0.2) is 83.8 Å². The molecule has 0 unspecified atom stereocenters. The summed E-state index contributed by atoms with van der Waals surface area (Å²) in [6.45, 7) is 6.78. The Labute approximate surface area is 143 Å². The predicted molar refractivity (Wildman–Crippen MR) is 103 cm³/mol. The van der Waals surface area contributed by atoms with Gasteiger partial charge in [0.05, 0.1) is 0 Å². The summed E-state index contributed by atoms with van der Waals surface area (Å²) in [7, 11) is 0. The van der Waals surface area contributed by atoms with Crippen LogP contribution in [-0.2, 0) is 0 Å². The van der Waals surface area contributed by atoms with E-state index in [1.165, 1.54) is 27.1 Å². The van der Waals surface area contributed by atoms with E-state index >= 15 is 0 Å². The Bertz CT molecular complexity index is 710. The quantitative estimate of drug-likeness (QED) is 0.473. The lowest BCUT2D eigenvalue weighted by Gasteiger charge is -2.19. The van der Waals surface area contributed by atoms with Crippen molar-refractivity contribution in [2.45, 2.75) is 30.4 Å². The lowest BCUT2D eigenvalue weighted by molar-refractivity contribution is 0.803. The number of rotatable bonds is 3. The molecule has 3 rings (SSSR count). The van der Waals surface area contributed by atoms with Crippen LogP contribution < -0.4 is 0 Å². The summed E-state index contributed by atoms with van der Waals surface area (Å²) in [5, 5.41) is 0. The maximum atomic E-state index is 2.30. The van der Waals surface area contributed by atoms with Gasteiger partial charge in [-0.05, 0) is 40.5 Å². The SMILES string of the molecule is CC(C)(C)Sc1cc(-c2ccccc2)cc(-c2ccccc2)c1. The first-order valence-electron chi connectivity index (χ1n) is 7.96. The number of hydrogen-bond donors (Lipinski definition) is 0. The van der Waals surface area contributed by atoms with E-state index in [9.17, 15) is 0 Å². The summed E-state index contributed by atoms with van der Waals surface area (Å²) in [6.07, 6.45) is 0. The van der Waals surface area contributed by atoms with Crippen molar-refractivity contribution in [2.24, 2.45) is 0 Å². The van der Waals surface area contributed by atoms with Crippen molar-refractivity contribution in [2.75, 3.05) is 0 Å². The van der Waals surface area contributed by atoms with Crippen LogP contribution in [0, 0.1) is 0 Å². The molecule has 116 valence electrons. The van der Waals surface area contributed by atoms with E-state index in [1.807, 2.05) is 11.8 Å². The Balaban J connectivity index is 2.11. The normalized spacial score (nSPS) is 11.4. The molecule has 0 atom stereocenters. The fourth-order valence-corrected chi connectivity index (χ4v) is 3.68. The predicted octanol–water partition coefficient (Wildman–Crippen LogP) is 6.91. The van der Waals surface area contributed by atoms with Gasteiger partial charge in [-0.25, -0.2) is 0 Å². The van der Waals surface area contributed by atoms with E-state index in [1.54, 1.807) is 0 Å². The zero-order chi connectivity index (χ0) is 16.3. The zero-order valence-electron chi connectivity index (χ0n) is 13.9. The Morgan fingerprint density at radius 2 is 1.00 bits per heavy atom. The van der Waals surface area contributed by atoms with Crippen molar-refractivity contribution < 1.29 is 0 Å². The second-order valence-corrected chi connectivity index (χ2v) is 8.59. The van der Waals surface area contributed by atoms with Crippen LogP contribution >= 0.6 is 11.8 Å². The summed E-state index contributed by atoms with van der Waals surface area (Å²) >= 11 is 1.92. The molecule has 0 aromatic heterocycles. The average Bonchev–Trinajstić information content (AvgIpc) is 2.55. The third-order valence-corrected chi connectivity index (χ3v) is 4.63. The summed E-state index contributed by atoms with van der Waals surface area (Å²) in [5.41, 5.74) is 5.08. The summed E-state index contributed by atoms with van der Waals surface area (Å²) in [5.74, 6) is 0. The van der Waals surface area contributed by atoms with E-state index in [-0.39, 0.29) is 4.75 Å². The minimum atomic E-state index is 0.198. The summed E-state index contributed by atoms with van der Waals surface area (Å²) in [6, 6.07) is 28.1. The molecule has 0 aliphatic carbocycles. The van der Waals surface area contributed by atoms with Gasteiger partial charge in [0.25, 0.3) is 0 Å². The highest BCUT2D eigenvalue weighted by Gasteiger charge is 2.14. The third-order valence-electron chi connectivity index (χ3n) is 3.54. The van der Waals surface area contributed by atoms with Gasteiger partial charge in [0.2, 0.25) is 0 Å². The van der Waals surface area contributed by atoms with Crippen LogP contribution in [0.4, 0.5) is 0 Å². The molecule has 0 heterocycles. The van der Waals surface area contributed by atoms with Crippen LogP contribution in [0.5, 0.6) is 0 Å². The van der Waals surface area contributed by atoms with Gasteiger partial charge in [-0.2, -0.15) is 0 Å². The lowest BCUT2D eigenvalue weighted by Crippen LogP contribution is -2.06. The second kappa shape index (κ2) is 6.64. The van der Waals surface area contributed by atoms with Crippen LogP contribution in [-0.4, -0.2) is 4.75 Å². The van der Waals surface area contributed by atoms with Crippen molar-refractivity contribution in [3.63, 3.8) is 0 Å². The fourth-order valence-electron chi connectivity index (χ4n) is 2.61. The van der Waals surface area contributed by atoms with Gasteiger partial charge in [-0.1, -0.05) is 81.4 Å². The van der Waals surface area contributed by atoms with E-state index in [2.05, 4.69) is 99.6 Å². The Morgan fingerprint density at radius 3 is 1.39 bits per heavy atom. The molecule has 23 heavy (non-hydrogen) atoms. The Morgan fingerprint density at radius 1 is 0.565 bits per heavy atom. The summed E-state index contributed by atoms with van der Waals surface area (Å²) in [4.78, 5) is 1.32. The largest absolute Gasteiger partial charge is 0.120 e. The van der Waals surface area contributed by atoms with E-state index in [4.69, 9.17) is 0 Å². The van der Waals surface area contributed by atoms with Gasteiger partial charge in [-0.3, -0.25) is 0 Å². The molecule has 3 aromatic carbocycles. The van der Waals surface area contributed by atoms with Crippen molar-refractivity contribution >= 4 is 11.8 Å². The number of benzene rings is 3. The van der Waals surface area contributed by atoms with E-state index in [0.717, 1.165) is 0 Å². The molecule has 0 saturated heterocycles. The third kappa shape index (κ3) is 4.27. The minimum absolute atomic E-state index is 0.198. The number of thioether (sulfide) groups is 1. The Kier molecular flexibility index (Phi) is 4.58. The molecule has 0 bridgehead atoms. The summed E-state index contributed by atoms with van der Waals surface area (Å²) < 4.78 is 0.198. The molecule has 0 radical (unpaired) electrons. The number of hydrogen-bond acceptors (Lipinski definition) is 1. The maximum Gasteiger partial charge on any atom is 0.0122 e. The van der Waals surface area contributed by atoms with Crippen molar-refractivity contribution in [3.8, 4) is 22.3 Å². The molecule has 0 aliphatic rings. The molecule has 0 N–H and O–H groups in total. The average molecular weight is 318 g/mol. The van der Waals surface area contributed by atoms with Gasteiger partial charge >= 0.3 is 0 Å². The molecule has 0 nitrogen and oxygen atoms in total. The smallest absolute Gasteiger partial charge is 0.0122 e. The van der Waals surface area contributed by atoms with Crippen molar-refractivity contribution in [1.29, 1.82) is 0 Å². The van der Waals surface area contributed by atoms with Crippen LogP contribution in [0.2, 0.25) is 0 Å². The van der Waals surface area contributed by atoms with E-state index in [0.29, 0.717) is 0 Å². The van der Waals surface area contributed by atoms with Crippen LogP contribution in [0.1, 0.15) is 20.8 Å². The molecule has 0 amide bonds. The second-order valence-electron chi connectivity index (χ2n) is 6.69. The maximum absolute atomic E-state index is 2.30. The first kappa shape index (κ1) is 15.9. The van der Waals surface area contributed by atoms with Crippen LogP contribution in [0.25, 0.3) is 22.3 Å². The molecule has 0 aliphatic heterocycles. The topological polar surface area (TPSA) is 0 Å². The van der Waals surface area contributed by atoms with Gasteiger partial charge < -0.3 is 0 Å². The fraction of sp³-hybridized carbons (Fsp3) is 0.182. The molecular weight excluding hydrogens is 296 g/mol. The minimum Gasteiger partial charge on any atom is -0.120 e. The van der Waals surface area contributed by atoms with Gasteiger partial charge in [-0.15, -0.1) is 11.8 Å². The molecular formula is C22H22S. The molecule has 1 heteroatoms. The first-order chi connectivity index (χ1) is 11.0. The molecule has 0 fully saturated rings. The lowest BCUT2D eigenvalue weighted by atomic mass is 9.99. The Hall–Kier alpha value is -1.99. The van der Waals surface area contributed by atoms with Crippen molar-refractivity contribution in [1.82, 2.24) is 0 Å². The molecule has 0 saturated carbocycles. The van der Waals surface area contributed by atoms with E-state index < -0.39 is 0 Å².